The van der Waals surface area contributed by atoms with Crippen LogP contribution in [0.5, 0.6) is 0 Å². The molecule has 0 aromatic heterocycles. The van der Waals surface area contributed by atoms with Gasteiger partial charge in [0.05, 0.1) is 5.60 Å². The van der Waals surface area contributed by atoms with Crippen molar-refractivity contribution in [2.45, 2.75) is 52.6 Å². The van der Waals surface area contributed by atoms with Crippen molar-refractivity contribution in [2.24, 2.45) is 11.8 Å². The van der Waals surface area contributed by atoms with Crippen molar-refractivity contribution >= 4 is 11.6 Å². The van der Waals surface area contributed by atoms with Gasteiger partial charge in [-0.3, -0.25) is 0 Å². The highest BCUT2D eigenvalue weighted by Crippen LogP contribution is 2.30. The average Bonchev–Trinajstić information content (AvgIpc) is 2.18. The summed E-state index contributed by atoms with van der Waals surface area (Å²) in [5.41, 5.74) is 0.399. The molecule has 18 heavy (non-hydrogen) atoms. The second-order valence-electron chi connectivity index (χ2n) is 6.19. The van der Waals surface area contributed by atoms with E-state index in [0.717, 1.165) is 23.4 Å². The summed E-state index contributed by atoms with van der Waals surface area (Å²) in [6.45, 7) is 8.60. The zero-order valence-electron chi connectivity index (χ0n) is 11.9. The molecule has 0 saturated carbocycles. The van der Waals surface area contributed by atoms with E-state index < -0.39 is 5.60 Å². The normalized spacial score (nSPS) is 12.4. The minimum Gasteiger partial charge on any atom is -0.390 e. The van der Waals surface area contributed by atoms with Gasteiger partial charge in [0, 0.05) is 11.4 Å². The van der Waals surface area contributed by atoms with Gasteiger partial charge in [0.1, 0.15) is 0 Å². The number of hydrogen-bond acceptors (Lipinski definition) is 1. The number of benzene rings is 1. The third kappa shape index (κ3) is 4.99. The van der Waals surface area contributed by atoms with E-state index in [1.807, 2.05) is 24.3 Å². The average molecular weight is 269 g/mol. The van der Waals surface area contributed by atoms with E-state index in [2.05, 4.69) is 27.7 Å². The molecule has 0 aliphatic heterocycles. The molecule has 0 fully saturated rings. The fourth-order valence-corrected chi connectivity index (χ4v) is 2.95. The molecule has 0 amide bonds. The van der Waals surface area contributed by atoms with Crippen molar-refractivity contribution in [3.8, 4) is 0 Å². The van der Waals surface area contributed by atoms with Crippen LogP contribution in [0.3, 0.4) is 0 Å². The van der Waals surface area contributed by atoms with Gasteiger partial charge in [0.2, 0.25) is 0 Å². The van der Waals surface area contributed by atoms with Gasteiger partial charge in [-0.1, -0.05) is 57.5 Å². The first-order valence-electron chi connectivity index (χ1n) is 6.78. The summed E-state index contributed by atoms with van der Waals surface area (Å²) < 4.78 is 0. The summed E-state index contributed by atoms with van der Waals surface area (Å²) in [4.78, 5) is 0. The molecule has 0 saturated heterocycles. The molecule has 2 heteroatoms. The molecule has 0 aliphatic carbocycles. The molecular formula is C16H25ClO. The van der Waals surface area contributed by atoms with Crippen LogP contribution in [0, 0.1) is 11.8 Å². The van der Waals surface area contributed by atoms with E-state index in [4.69, 9.17) is 11.6 Å². The molecule has 0 spiro atoms. The summed E-state index contributed by atoms with van der Waals surface area (Å²) in [6.07, 6.45) is 2.27. The van der Waals surface area contributed by atoms with Crippen molar-refractivity contribution in [1.29, 1.82) is 0 Å². The van der Waals surface area contributed by atoms with E-state index >= 15 is 0 Å². The Morgan fingerprint density at radius 3 is 2.00 bits per heavy atom. The number of aliphatic hydroxyl groups is 1. The lowest BCUT2D eigenvalue weighted by molar-refractivity contribution is 0.000760. The molecule has 1 aromatic carbocycles. The molecule has 0 unspecified atom stereocenters. The standard InChI is InChI=1S/C16H25ClO/c1-12(2)9-16(18,10-13(3)4)11-14-7-5-6-8-15(14)17/h5-8,12-13,18H,9-11H2,1-4H3. The molecule has 1 aromatic rings. The Morgan fingerprint density at radius 1 is 1.06 bits per heavy atom. The van der Waals surface area contributed by atoms with E-state index in [-0.39, 0.29) is 0 Å². The van der Waals surface area contributed by atoms with E-state index in [9.17, 15) is 5.11 Å². The van der Waals surface area contributed by atoms with Gasteiger partial charge >= 0.3 is 0 Å². The Bertz CT molecular complexity index is 361. The molecule has 0 heterocycles. The highest BCUT2D eigenvalue weighted by atomic mass is 35.5. The van der Waals surface area contributed by atoms with Crippen molar-refractivity contribution in [3.05, 3.63) is 34.9 Å². The molecule has 102 valence electrons. The summed E-state index contributed by atoms with van der Waals surface area (Å²) >= 11 is 6.19. The van der Waals surface area contributed by atoms with Gasteiger partial charge in [0.15, 0.2) is 0 Å². The van der Waals surface area contributed by atoms with Gasteiger partial charge in [-0.05, 0) is 36.3 Å². The van der Waals surface area contributed by atoms with Crippen LogP contribution in [-0.2, 0) is 6.42 Å². The molecule has 1 nitrogen and oxygen atoms in total. The minimum absolute atomic E-state index is 0.483. The second kappa shape index (κ2) is 6.58. The zero-order valence-corrected chi connectivity index (χ0v) is 12.7. The SMILES string of the molecule is CC(C)CC(O)(Cc1ccccc1Cl)CC(C)C. The maximum Gasteiger partial charge on any atom is 0.0693 e. The number of hydrogen-bond donors (Lipinski definition) is 1. The van der Waals surface area contributed by atoms with Crippen molar-refractivity contribution < 1.29 is 5.11 Å². The van der Waals surface area contributed by atoms with Crippen molar-refractivity contribution in [3.63, 3.8) is 0 Å². The van der Waals surface area contributed by atoms with Gasteiger partial charge in [-0.15, -0.1) is 0 Å². The monoisotopic (exact) mass is 268 g/mol. The lowest BCUT2D eigenvalue weighted by Crippen LogP contribution is -2.35. The van der Waals surface area contributed by atoms with Gasteiger partial charge in [0.25, 0.3) is 0 Å². The number of halogens is 1. The molecular weight excluding hydrogens is 244 g/mol. The van der Waals surface area contributed by atoms with Crippen molar-refractivity contribution in [2.75, 3.05) is 0 Å². The minimum atomic E-state index is -0.646. The first-order valence-corrected chi connectivity index (χ1v) is 7.16. The maximum atomic E-state index is 10.9. The van der Waals surface area contributed by atoms with Crippen LogP contribution in [0.2, 0.25) is 5.02 Å². The molecule has 0 bridgehead atoms. The highest BCUT2D eigenvalue weighted by molar-refractivity contribution is 6.31. The summed E-state index contributed by atoms with van der Waals surface area (Å²) in [7, 11) is 0. The first-order chi connectivity index (χ1) is 8.32. The Hall–Kier alpha value is -0.530. The summed E-state index contributed by atoms with van der Waals surface area (Å²) in [5.74, 6) is 0.965. The van der Waals surface area contributed by atoms with Crippen LogP contribution in [0.1, 0.15) is 46.1 Å². The molecule has 1 rings (SSSR count). The lowest BCUT2D eigenvalue weighted by Gasteiger charge is -2.32. The fourth-order valence-electron chi connectivity index (χ4n) is 2.74. The van der Waals surface area contributed by atoms with Gasteiger partial charge in [-0.2, -0.15) is 0 Å². The van der Waals surface area contributed by atoms with Crippen LogP contribution in [0.25, 0.3) is 0 Å². The fraction of sp³-hybridized carbons (Fsp3) is 0.625. The predicted molar refractivity (Wildman–Crippen MR) is 79.0 cm³/mol. The van der Waals surface area contributed by atoms with Crippen LogP contribution < -0.4 is 0 Å². The predicted octanol–water partition coefficient (Wildman–Crippen LogP) is 4.71. The highest BCUT2D eigenvalue weighted by Gasteiger charge is 2.29. The summed E-state index contributed by atoms with van der Waals surface area (Å²) in [6, 6.07) is 7.80. The Morgan fingerprint density at radius 2 is 1.56 bits per heavy atom. The topological polar surface area (TPSA) is 20.2 Å². The maximum absolute atomic E-state index is 10.9. The van der Waals surface area contributed by atoms with Crippen molar-refractivity contribution in [1.82, 2.24) is 0 Å². The molecule has 0 atom stereocenters. The van der Waals surface area contributed by atoms with E-state index in [0.29, 0.717) is 18.3 Å². The smallest absolute Gasteiger partial charge is 0.0693 e. The largest absolute Gasteiger partial charge is 0.390 e. The third-order valence-corrected chi connectivity index (χ3v) is 3.42. The van der Waals surface area contributed by atoms with Crippen LogP contribution in [0.4, 0.5) is 0 Å². The molecule has 0 aliphatic rings. The van der Waals surface area contributed by atoms with E-state index in [1.165, 1.54) is 0 Å². The lowest BCUT2D eigenvalue weighted by atomic mass is 9.80. The van der Waals surface area contributed by atoms with Crippen LogP contribution in [0.15, 0.2) is 24.3 Å². The van der Waals surface area contributed by atoms with E-state index in [1.54, 1.807) is 0 Å². The van der Waals surface area contributed by atoms with Gasteiger partial charge < -0.3 is 5.11 Å². The third-order valence-electron chi connectivity index (χ3n) is 3.05. The first kappa shape index (κ1) is 15.5. The molecule has 1 N–H and O–H groups in total. The Kier molecular flexibility index (Phi) is 5.68. The zero-order chi connectivity index (χ0) is 13.8. The summed E-state index contributed by atoms with van der Waals surface area (Å²) in [5, 5.41) is 11.6. The second-order valence-corrected chi connectivity index (χ2v) is 6.60. The molecule has 0 radical (unpaired) electrons. The quantitative estimate of drug-likeness (QED) is 0.792. The van der Waals surface area contributed by atoms with Crippen LogP contribution in [-0.4, -0.2) is 10.7 Å². The van der Waals surface area contributed by atoms with Gasteiger partial charge in [-0.25, -0.2) is 0 Å². The Balaban J connectivity index is 2.87. The van der Waals surface area contributed by atoms with Crippen LogP contribution >= 0.6 is 11.6 Å². The Labute approximate surface area is 116 Å². The number of rotatable bonds is 6.